The molecule has 2 rings (SSSR count). The second kappa shape index (κ2) is 4.65. The molecule has 0 saturated carbocycles. The Hall–Kier alpha value is -1.76. The molecule has 0 unspecified atom stereocenters. The Morgan fingerprint density at radius 2 is 1.93 bits per heavy atom. The van der Waals surface area contributed by atoms with Gasteiger partial charge in [-0.25, -0.2) is 0 Å². The molecule has 0 N–H and O–H groups in total. The van der Waals surface area contributed by atoms with E-state index in [2.05, 4.69) is 18.2 Å². The van der Waals surface area contributed by atoms with Gasteiger partial charge in [0, 0.05) is 5.56 Å². The van der Waals surface area contributed by atoms with Crippen LogP contribution in [0.15, 0.2) is 48.5 Å². The zero-order valence-corrected chi connectivity index (χ0v) is 8.73. The van der Waals surface area contributed by atoms with Crippen molar-refractivity contribution in [2.24, 2.45) is 0 Å². The van der Waals surface area contributed by atoms with Crippen LogP contribution in [-0.2, 0) is 0 Å². The van der Waals surface area contributed by atoms with Crippen LogP contribution in [0.5, 0.6) is 5.75 Å². The summed E-state index contributed by atoms with van der Waals surface area (Å²) in [5.74, 6) is 0.895. The molecule has 0 heterocycles. The van der Waals surface area contributed by atoms with Crippen molar-refractivity contribution in [2.45, 2.75) is 6.92 Å². The van der Waals surface area contributed by atoms with Crippen molar-refractivity contribution in [1.82, 2.24) is 0 Å². The lowest BCUT2D eigenvalue weighted by Crippen LogP contribution is -1.93. The number of benzene rings is 2. The molecular formula is C14H13O. The summed E-state index contributed by atoms with van der Waals surface area (Å²) < 4.78 is 5.56. The number of ether oxygens (including phenoxy) is 1. The molecule has 2 aromatic rings. The molecule has 15 heavy (non-hydrogen) atoms. The van der Waals surface area contributed by atoms with Gasteiger partial charge in [0.1, 0.15) is 5.75 Å². The zero-order chi connectivity index (χ0) is 10.5. The van der Waals surface area contributed by atoms with E-state index in [-0.39, 0.29) is 0 Å². The van der Waals surface area contributed by atoms with Crippen LogP contribution in [0, 0.1) is 6.07 Å². The van der Waals surface area contributed by atoms with E-state index in [1.54, 1.807) is 0 Å². The molecule has 75 valence electrons. The summed E-state index contributed by atoms with van der Waals surface area (Å²) >= 11 is 0. The highest BCUT2D eigenvalue weighted by Gasteiger charge is 2.03. The van der Waals surface area contributed by atoms with Gasteiger partial charge in [0.05, 0.1) is 6.61 Å². The van der Waals surface area contributed by atoms with E-state index in [4.69, 9.17) is 4.74 Å². The van der Waals surface area contributed by atoms with Gasteiger partial charge in [0.2, 0.25) is 0 Å². The van der Waals surface area contributed by atoms with Crippen molar-refractivity contribution >= 4 is 0 Å². The minimum absolute atomic E-state index is 0.678. The first-order chi connectivity index (χ1) is 7.42. The van der Waals surface area contributed by atoms with E-state index < -0.39 is 0 Å². The molecule has 0 atom stereocenters. The lowest BCUT2D eigenvalue weighted by molar-refractivity contribution is 0.341. The van der Waals surface area contributed by atoms with Crippen molar-refractivity contribution in [3.05, 3.63) is 54.6 Å². The van der Waals surface area contributed by atoms with Gasteiger partial charge < -0.3 is 4.74 Å². The number of hydrogen-bond acceptors (Lipinski definition) is 1. The Labute approximate surface area is 90.3 Å². The molecule has 1 radical (unpaired) electrons. The highest BCUT2D eigenvalue weighted by Crippen LogP contribution is 2.28. The Bertz CT molecular complexity index is 420. The van der Waals surface area contributed by atoms with Gasteiger partial charge in [0.15, 0.2) is 0 Å². The van der Waals surface area contributed by atoms with Gasteiger partial charge in [-0.1, -0.05) is 42.5 Å². The molecule has 0 aliphatic carbocycles. The van der Waals surface area contributed by atoms with Crippen LogP contribution >= 0.6 is 0 Å². The molecule has 0 spiro atoms. The fourth-order valence-electron chi connectivity index (χ4n) is 1.55. The first-order valence-corrected chi connectivity index (χ1v) is 5.10. The Kier molecular flexibility index (Phi) is 3.03. The first-order valence-electron chi connectivity index (χ1n) is 5.10. The van der Waals surface area contributed by atoms with Crippen LogP contribution in [0.3, 0.4) is 0 Å². The van der Waals surface area contributed by atoms with E-state index in [9.17, 15) is 0 Å². The van der Waals surface area contributed by atoms with Gasteiger partial charge in [-0.15, -0.1) is 0 Å². The van der Waals surface area contributed by atoms with Gasteiger partial charge in [0.25, 0.3) is 0 Å². The van der Waals surface area contributed by atoms with Gasteiger partial charge >= 0.3 is 0 Å². The molecule has 1 heteroatoms. The molecular weight excluding hydrogens is 184 g/mol. The summed E-state index contributed by atoms with van der Waals surface area (Å²) in [7, 11) is 0. The fourth-order valence-corrected chi connectivity index (χ4v) is 1.55. The van der Waals surface area contributed by atoms with Crippen LogP contribution in [0.4, 0.5) is 0 Å². The summed E-state index contributed by atoms with van der Waals surface area (Å²) in [6, 6.07) is 19.1. The third-order valence-electron chi connectivity index (χ3n) is 2.21. The Morgan fingerprint density at radius 1 is 1.13 bits per heavy atom. The van der Waals surface area contributed by atoms with E-state index in [1.165, 1.54) is 5.56 Å². The molecule has 2 aromatic carbocycles. The summed E-state index contributed by atoms with van der Waals surface area (Å²) in [6.45, 7) is 2.67. The summed E-state index contributed by atoms with van der Waals surface area (Å²) in [5.41, 5.74) is 2.30. The summed E-state index contributed by atoms with van der Waals surface area (Å²) in [5, 5.41) is 0. The van der Waals surface area contributed by atoms with Crippen LogP contribution in [0.1, 0.15) is 6.92 Å². The van der Waals surface area contributed by atoms with Gasteiger partial charge in [-0.2, -0.15) is 0 Å². The monoisotopic (exact) mass is 197 g/mol. The van der Waals surface area contributed by atoms with Crippen molar-refractivity contribution in [1.29, 1.82) is 0 Å². The summed E-state index contributed by atoms with van der Waals surface area (Å²) in [6.07, 6.45) is 0. The second-order valence-corrected chi connectivity index (χ2v) is 3.22. The lowest BCUT2D eigenvalue weighted by Gasteiger charge is -2.09. The summed E-state index contributed by atoms with van der Waals surface area (Å²) in [4.78, 5) is 0. The standard InChI is InChI=1S/C14H13O/c1-2-15-14-11-7-6-10-13(14)12-8-4-3-5-9-12/h3-6,8-11H,2H2,1H3. The average Bonchev–Trinajstić information content (AvgIpc) is 2.31. The minimum Gasteiger partial charge on any atom is -0.493 e. The van der Waals surface area contributed by atoms with Crippen LogP contribution in [0.25, 0.3) is 11.1 Å². The number of rotatable bonds is 3. The topological polar surface area (TPSA) is 9.23 Å². The average molecular weight is 197 g/mol. The third kappa shape index (κ3) is 2.18. The largest absolute Gasteiger partial charge is 0.493 e. The van der Waals surface area contributed by atoms with Crippen LogP contribution in [-0.4, -0.2) is 6.61 Å². The third-order valence-corrected chi connectivity index (χ3v) is 2.21. The Morgan fingerprint density at radius 3 is 2.67 bits per heavy atom. The highest BCUT2D eigenvalue weighted by molar-refractivity contribution is 5.70. The lowest BCUT2D eigenvalue weighted by atomic mass is 10.1. The van der Waals surface area contributed by atoms with E-state index in [0.717, 1.165) is 11.3 Å². The van der Waals surface area contributed by atoms with E-state index >= 15 is 0 Å². The molecule has 1 nitrogen and oxygen atoms in total. The minimum atomic E-state index is 0.678. The van der Waals surface area contributed by atoms with E-state index in [0.29, 0.717) is 6.61 Å². The smallest absolute Gasteiger partial charge is 0.127 e. The maximum Gasteiger partial charge on any atom is 0.127 e. The number of hydrogen-bond donors (Lipinski definition) is 0. The predicted octanol–water partition coefficient (Wildman–Crippen LogP) is 3.55. The fraction of sp³-hybridized carbons (Fsp3) is 0.143. The first kappa shape index (κ1) is 9.78. The van der Waals surface area contributed by atoms with E-state index in [1.807, 2.05) is 43.3 Å². The van der Waals surface area contributed by atoms with Crippen LogP contribution in [0.2, 0.25) is 0 Å². The molecule has 0 bridgehead atoms. The maximum absolute atomic E-state index is 5.56. The molecule has 0 saturated heterocycles. The SMILES string of the molecule is CCOc1c[c]ccc1-c1ccccc1. The van der Waals surface area contributed by atoms with Gasteiger partial charge in [-0.05, 0) is 24.6 Å². The molecule has 0 amide bonds. The maximum atomic E-state index is 5.56. The van der Waals surface area contributed by atoms with Crippen molar-refractivity contribution in [3.63, 3.8) is 0 Å². The van der Waals surface area contributed by atoms with Crippen molar-refractivity contribution < 1.29 is 4.74 Å². The normalized spacial score (nSPS) is 9.93. The second-order valence-electron chi connectivity index (χ2n) is 3.22. The van der Waals surface area contributed by atoms with Crippen LogP contribution < -0.4 is 4.74 Å². The van der Waals surface area contributed by atoms with Crippen molar-refractivity contribution in [2.75, 3.05) is 6.61 Å². The molecule has 0 aliphatic rings. The molecule has 0 fully saturated rings. The zero-order valence-electron chi connectivity index (χ0n) is 8.73. The quantitative estimate of drug-likeness (QED) is 0.731. The predicted molar refractivity (Wildman–Crippen MR) is 61.9 cm³/mol. The molecule has 0 aromatic heterocycles. The van der Waals surface area contributed by atoms with Gasteiger partial charge in [-0.3, -0.25) is 0 Å². The van der Waals surface area contributed by atoms with Crippen molar-refractivity contribution in [3.8, 4) is 16.9 Å². The highest BCUT2D eigenvalue weighted by atomic mass is 16.5. The molecule has 0 aliphatic heterocycles. The Balaban J connectivity index is 2.43.